The molecule has 0 aliphatic rings. The van der Waals surface area contributed by atoms with E-state index >= 15 is 0 Å². The van der Waals surface area contributed by atoms with Gasteiger partial charge in [0, 0.05) is 56.1 Å². The van der Waals surface area contributed by atoms with Gasteiger partial charge in [-0.1, -0.05) is 97.1 Å². The highest BCUT2D eigenvalue weighted by atomic mass is 15.1. The maximum atomic E-state index is 4.99. The van der Waals surface area contributed by atoms with Crippen LogP contribution >= 0.6 is 0 Å². The minimum Gasteiger partial charge on any atom is -0.310 e. The fraction of sp³-hybridized carbons (Fsp3) is 0. The second kappa shape index (κ2) is 13.8. The molecule has 10 rings (SSSR count). The maximum absolute atomic E-state index is 4.99. The van der Waals surface area contributed by atoms with Crippen LogP contribution in [-0.2, 0) is 0 Å². The quantitative estimate of drug-likeness (QED) is 0.158. The van der Waals surface area contributed by atoms with Crippen molar-refractivity contribution in [2.45, 2.75) is 0 Å². The van der Waals surface area contributed by atoms with Crippen molar-refractivity contribution in [3.8, 4) is 16.9 Å². The standard InChI is InChI=1S/C50H35N5/c1-5-17-37(18-6-1)53(38-19-7-2-8-20-38)42-28-30-49-44(33-42)45-34-43(54(39-21-9-3-10-22-39)40-23-11-4-12-24-40)29-31-50(45)55(49)41-25-15-16-36(32-41)48-35-51-46-26-13-14-27-47(46)52-48/h1-35H. The molecule has 0 saturated carbocycles. The molecule has 0 atom stereocenters. The lowest BCUT2D eigenvalue weighted by atomic mass is 10.1. The molecule has 55 heavy (non-hydrogen) atoms. The van der Waals surface area contributed by atoms with Gasteiger partial charge in [0.25, 0.3) is 0 Å². The molecule has 5 heteroatoms. The Morgan fingerprint density at radius 2 is 0.818 bits per heavy atom. The Morgan fingerprint density at radius 1 is 0.364 bits per heavy atom. The third-order valence-corrected chi connectivity index (χ3v) is 10.2. The normalized spacial score (nSPS) is 11.3. The number of rotatable bonds is 8. The van der Waals surface area contributed by atoms with Crippen molar-refractivity contribution in [1.82, 2.24) is 14.5 Å². The van der Waals surface area contributed by atoms with Crippen LogP contribution in [-0.4, -0.2) is 14.5 Å². The number of anilines is 6. The molecule has 2 heterocycles. The molecule has 5 nitrogen and oxygen atoms in total. The number of hydrogen-bond donors (Lipinski definition) is 0. The molecule has 2 aromatic heterocycles. The van der Waals surface area contributed by atoms with E-state index in [1.165, 1.54) is 0 Å². The van der Waals surface area contributed by atoms with Crippen LogP contribution in [0, 0.1) is 0 Å². The van der Waals surface area contributed by atoms with Crippen LogP contribution < -0.4 is 9.80 Å². The highest BCUT2D eigenvalue weighted by Crippen LogP contribution is 2.43. The summed E-state index contributed by atoms with van der Waals surface area (Å²) in [5.41, 5.74) is 13.5. The Hall–Kier alpha value is -7.50. The molecule has 260 valence electrons. The molecule has 10 aromatic rings. The van der Waals surface area contributed by atoms with Crippen molar-refractivity contribution in [1.29, 1.82) is 0 Å². The van der Waals surface area contributed by atoms with E-state index < -0.39 is 0 Å². The van der Waals surface area contributed by atoms with E-state index in [4.69, 9.17) is 9.97 Å². The van der Waals surface area contributed by atoms with Gasteiger partial charge in [-0.2, -0.15) is 0 Å². The second-order valence-electron chi connectivity index (χ2n) is 13.5. The zero-order chi connectivity index (χ0) is 36.6. The molecular weight excluding hydrogens is 671 g/mol. The zero-order valence-electron chi connectivity index (χ0n) is 29.9. The molecule has 0 aliphatic carbocycles. The molecule has 0 radical (unpaired) electrons. The van der Waals surface area contributed by atoms with Crippen molar-refractivity contribution < 1.29 is 0 Å². The van der Waals surface area contributed by atoms with E-state index in [9.17, 15) is 0 Å². The van der Waals surface area contributed by atoms with E-state index in [0.717, 1.165) is 83.9 Å². The topological polar surface area (TPSA) is 37.2 Å². The van der Waals surface area contributed by atoms with Gasteiger partial charge in [0.05, 0.1) is 34.0 Å². The molecular formula is C50H35N5. The van der Waals surface area contributed by atoms with Crippen LogP contribution in [0.4, 0.5) is 34.1 Å². The van der Waals surface area contributed by atoms with Gasteiger partial charge in [0.15, 0.2) is 0 Å². The van der Waals surface area contributed by atoms with E-state index in [0.29, 0.717) is 0 Å². The molecule has 0 fully saturated rings. The summed E-state index contributed by atoms with van der Waals surface area (Å²) in [6, 6.07) is 72.6. The Kier molecular flexibility index (Phi) is 8.08. The summed E-state index contributed by atoms with van der Waals surface area (Å²) in [4.78, 5) is 14.4. The summed E-state index contributed by atoms with van der Waals surface area (Å²) in [5, 5.41) is 2.31. The van der Waals surface area contributed by atoms with Gasteiger partial charge in [0.1, 0.15) is 0 Å². The maximum Gasteiger partial charge on any atom is 0.0894 e. The molecule has 0 saturated heterocycles. The minimum absolute atomic E-state index is 0.841. The molecule has 0 aliphatic heterocycles. The molecule has 8 aromatic carbocycles. The van der Waals surface area contributed by atoms with E-state index in [-0.39, 0.29) is 0 Å². The molecule has 0 N–H and O–H groups in total. The number of fused-ring (bicyclic) bond motifs is 4. The fourth-order valence-electron chi connectivity index (χ4n) is 7.66. The van der Waals surface area contributed by atoms with Crippen molar-refractivity contribution in [2.24, 2.45) is 0 Å². The number of benzene rings is 8. The van der Waals surface area contributed by atoms with Crippen LogP contribution in [0.2, 0.25) is 0 Å². The predicted octanol–water partition coefficient (Wildman–Crippen LogP) is 13.3. The first-order chi connectivity index (χ1) is 27.3. The Morgan fingerprint density at radius 3 is 1.31 bits per heavy atom. The largest absolute Gasteiger partial charge is 0.310 e. The molecule has 0 bridgehead atoms. The summed E-state index contributed by atoms with van der Waals surface area (Å²) in [6.07, 6.45) is 1.87. The van der Waals surface area contributed by atoms with Crippen LogP contribution in [0.15, 0.2) is 212 Å². The van der Waals surface area contributed by atoms with Gasteiger partial charge in [-0.25, -0.2) is 4.98 Å². The zero-order valence-corrected chi connectivity index (χ0v) is 29.9. The monoisotopic (exact) mass is 705 g/mol. The Bertz CT molecular complexity index is 2710. The Balaban J connectivity index is 1.21. The first-order valence-corrected chi connectivity index (χ1v) is 18.5. The first kappa shape index (κ1) is 32.2. The lowest BCUT2D eigenvalue weighted by molar-refractivity contribution is 1.17. The van der Waals surface area contributed by atoms with Gasteiger partial charge in [-0.15, -0.1) is 0 Å². The SMILES string of the molecule is c1ccc(N(c2ccccc2)c2ccc3c(c2)c2cc(N(c4ccccc4)c4ccccc4)ccc2n3-c2cccc(-c3cnc4ccccc4n3)c2)cc1. The predicted molar refractivity (Wildman–Crippen MR) is 229 cm³/mol. The van der Waals surface area contributed by atoms with E-state index in [1.54, 1.807) is 0 Å². The van der Waals surface area contributed by atoms with Gasteiger partial charge >= 0.3 is 0 Å². The van der Waals surface area contributed by atoms with Crippen LogP contribution in [0.5, 0.6) is 0 Å². The smallest absolute Gasteiger partial charge is 0.0894 e. The summed E-state index contributed by atoms with van der Waals surface area (Å²) in [5.74, 6) is 0. The summed E-state index contributed by atoms with van der Waals surface area (Å²) in [6.45, 7) is 0. The highest BCUT2D eigenvalue weighted by molar-refractivity contribution is 6.12. The minimum atomic E-state index is 0.841. The van der Waals surface area contributed by atoms with Crippen molar-refractivity contribution in [3.63, 3.8) is 0 Å². The number of aromatic nitrogens is 3. The summed E-state index contributed by atoms with van der Waals surface area (Å²) in [7, 11) is 0. The summed E-state index contributed by atoms with van der Waals surface area (Å²) < 4.78 is 2.38. The van der Waals surface area contributed by atoms with Crippen LogP contribution in [0.1, 0.15) is 0 Å². The number of para-hydroxylation sites is 6. The lowest BCUT2D eigenvalue weighted by Gasteiger charge is -2.26. The fourth-order valence-corrected chi connectivity index (χ4v) is 7.66. The number of hydrogen-bond acceptors (Lipinski definition) is 4. The van der Waals surface area contributed by atoms with Gasteiger partial charge in [-0.05, 0) is 109 Å². The summed E-state index contributed by atoms with van der Waals surface area (Å²) >= 11 is 0. The Labute approximate surface area is 319 Å². The molecule has 0 unspecified atom stereocenters. The second-order valence-corrected chi connectivity index (χ2v) is 13.5. The average molecular weight is 706 g/mol. The van der Waals surface area contributed by atoms with Crippen molar-refractivity contribution in [2.75, 3.05) is 9.80 Å². The van der Waals surface area contributed by atoms with Crippen LogP contribution in [0.25, 0.3) is 49.8 Å². The third kappa shape index (κ3) is 5.94. The molecule has 0 amide bonds. The highest BCUT2D eigenvalue weighted by Gasteiger charge is 2.20. The average Bonchev–Trinajstić information content (AvgIpc) is 3.58. The van der Waals surface area contributed by atoms with Gasteiger partial charge in [0.2, 0.25) is 0 Å². The first-order valence-electron chi connectivity index (χ1n) is 18.5. The van der Waals surface area contributed by atoms with Gasteiger partial charge in [-0.3, -0.25) is 4.98 Å². The lowest BCUT2D eigenvalue weighted by Crippen LogP contribution is -2.09. The van der Waals surface area contributed by atoms with Crippen LogP contribution in [0.3, 0.4) is 0 Å². The van der Waals surface area contributed by atoms with E-state index in [2.05, 4.69) is 196 Å². The van der Waals surface area contributed by atoms with Crippen molar-refractivity contribution >= 4 is 67.0 Å². The van der Waals surface area contributed by atoms with Crippen molar-refractivity contribution in [3.05, 3.63) is 212 Å². The third-order valence-electron chi connectivity index (χ3n) is 10.2. The van der Waals surface area contributed by atoms with E-state index in [1.807, 2.05) is 30.5 Å². The molecule has 0 spiro atoms. The van der Waals surface area contributed by atoms with Gasteiger partial charge < -0.3 is 14.4 Å². The number of nitrogens with zero attached hydrogens (tertiary/aromatic N) is 5.